The lowest BCUT2D eigenvalue weighted by Gasteiger charge is -2.25. The van der Waals surface area contributed by atoms with Crippen LogP contribution in [0.2, 0.25) is 0 Å². The highest BCUT2D eigenvalue weighted by Crippen LogP contribution is 2.21. The Morgan fingerprint density at radius 1 is 1.16 bits per heavy atom. The van der Waals surface area contributed by atoms with E-state index in [1.165, 1.54) is 19.3 Å². The zero-order valence-corrected chi connectivity index (χ0v) is 13.4. The average Bonchev–Trinajstić information content (AvgIpc) is 2.32. The van der Waals surface area contributed by atoms with Gasteiger partial charge in [-0.25, -0.2) is 0 Å². The summed E-state index contributed by atoms with van der Waals surface area (Å²) in [4.78, 5) is 11.9. The van der Waals surface area contributed by atoms with Crippen molar-refractivity contribution in [1.29, 1.82) is 0 Å². The second-order valence-corrected chi connectivity index (χ2v) is 6.42. The van der Waals surface area contributed by atoms with Gasteiger partial charge in [0.15, 0.2) is 0 Å². The summed E-state index contributed by atoms with van der Waals surface area (Å²) in [6.07, 6.45) is 6.26. The second-order valence-electron chi connectivity index (χ2n) is 6.42. The largest absolute Gasteiger partial charge is 0.462 e. The van der Waals surface area contributed by atoms with E-state index in [2.05, 4.69) is 6.92 Å². The van der Waals surface area contributed by atoms with Crippen molar-refractivity contribution in [2.75, 3.05) is 0 Å². The topological polar surface area (TPSA) is 46.5 Å². The van der Waals surface area contributed by atoms with Crippen molar-refractivity contribution in [2.24, 2.45) is 5.41 Å². The molecule has 19 heavy (non-hydrogen) atoms. The molecule has 0 aromatic heterocycles. The Kier molecular flexibility index (Phi) is 9.07. The number of esters is 1. The lowest BCUT2D eigenvalue weighted by atomic mass is 9.96. The van der Waals surface area contributed by atoms with Gasteiger partial charge in [0, 0.05) is 6.42 Å². The smallest absolute Gasteiger partial charge is 0.311 e. The van der Waals surface area contributed by atoms with Crippen molar-refractivity contribution < 1.29 is 14.6 Å². The fraction of sp³-hybridized carbons (Fsp3) is 0.938. The number of aliphatic hydroxyl groups excluding tert-OH is 1. The van der Waals surface area contributed by atoms with Crippen LogP contribution in [0.5, 0.6) is 0 Å². The molecule has 3 nitrogen and oxygen atoms in total. The number of carbonyl (C=O) groups is 1. The Morgan fingerprint density at radius 2 is 1.79 bits per heavy atom. The van der Waals surface area contributed by atoms with E-state index in [4.69, 9.17) is 4.74 Å². The molecule has 0 saturated carbocycles. The molecule has 0 bridgehead atoms. The van der Waals surface area contributed by atoms with E-state index in [-0.39, 0.29) is 18.2 Å². The number of unbranched alkanes of at least 4 members (excludes halogenated alkanes) is 3. The van der Waals surface area contributed by atoms with Crippen molar-refractivity contribution in [1.82, 2.24) is 0 Å². The molecule has 0 saturated heterocycles. The van der Waals surface area contributed by atoms with Gasteiger partial charge < -0.3 is 9.84 Å². The molecular weight excluding hydrogens is 240 g/mol. The first-order chi connectivity index (χ1) is 8.81. The molecule has 0 aromatic carbocycles. The minimum absolute atomic E-state index is 0.140. The van der Waals surface area contributed by atoms with Crippen LogP contribution in [0, 0.1) is 5.41 Å². The van der Waals surface area contributed by atoms with Crippen LogP contribution < -0.4 is 0 Å². The summed E-state index contributed by atoms with van der Waals surface area (Å²) in [6, 6.07) is 0. The highest BCUT2D eigenvalue weighted by atomic mass is 16.5. The van der Waals surface area contributed by atoms with Gasteiger partial charge in [-0.1, -0.05) is 33.1 Å². The van der Waals surface area contributed by atoms with Crippen LogP contribution in [0.15, 0.2) is 0 Å². The monoisotopic (exact) mass is 272 g/mol. The summed E-state index contributed by atoms with van der Waals surface area (Å²) in [5, 5.41) is 9.76. The van der Waals surface area contributed by atoms with Crippen LogP contribution in [-0.2, 0) is 9.53 Å². The molecular formula is C16H32O3. The first-order valence-corrected chi connectivity index (χ1v) is 7.70. The fourth-order valence-corrected chi connectivity index (χ4v) is 1.82. The Balaban J connectivity index is 4.29. The highest BCUT2D eigenvalue weighted by Gasteiger charge is 2.27. The van der Waals surface area contributed by atoms with Crippen molar-refractivity contribution in [3.8, 4) is 0 Å². The molecule has 0 amide bonds. The average molecular weight is 272 g/mol. The van der Waals surface area contributed by atoms with Crippen molar-refractivity contribution in [3.63, 3.8) is 0 Å². The first kappa shape index (κ1) is 18.4. The Labute approximate surface area is 118 Å². The summed E-state index contributed by atoms with van der Waals surface area (Å²) < 4.78 is 5.57. The number of hydrogen-bond donors (Lipinski definition) is 1. The van der Waals surface area contributed by atoms with Gasteiger partial charge in [0.2, 0.25) is 0 Å². The Hall–Kier alpha value is -0.570. The molecule has 0 heterocycles. The maximum atomic E-state index is 11.9. The van der Waals surface area contributed by atoms with Crippen molar-refractivity contribution in [3.05, 3.63) is 0 Å². The van der Waals surface area contributed by atoms with Gasteiger partial charge in [-0.2, -0.15) is 0 Å². The Morgan fingerprint density at radius 3 is 2.26 bits per heavy atom. The number of ether oxygens (including phenoxy) is 1. The maximum absolute atomic E-state index is 11.9. The summed E-state index contributed by atoms with van der Waals surface area (Å²) in [6.45, 7) is 9.71. The number of hydrogen-bond acceptors (Lipinski definition) is 3. The zero-order chi connectivity index (χ0) is 14.9. The van der Waals surface area contributed by atoms with Crippen molar-refractivity contribution >= 4 is 5.97 Å². The lowest BCUT2D eigenvalue weighted by molar-refractivity contribution is -0.160. The van der Waals surface area contributed by atoms with Crippen LogP contribution >= 0.6 is 0 Å². The van der Waals surface area contributed by atoms with Gasteiger partial charge in [-0.05, 0) is 40.0 Å². The molecule has 0 aliphatic rings. The van der Waals surface area contributed by atoms with E-state index in [1.54, 1.807) is 0 Å². The van der Waals surface area contributed by atoms with E-state index in [0.29, 0.717) is 12.8 Å². The SMILES string of the molecule is CCCCCC[C@H](C[C@H](O)CC)OC(=O)C(C)(C)C. The van der Waals surface area contributed by atoms with Gasteiger partial charge in [0.25, 0.3) is 0 Å². The van der Waals surface area contributed by atoms with E-state index >= 15 is 0 Å². The quantitative estimate of drug-likeness (QED) is 0.508. The van der Waals surface area contributed by atoms with Crippen LogP contribution in [0.4, 0.5) is 0 Å². The third-order valence-electron chi connectivity index (χ3n) is 3.27. The van der Waals surface area contributed by atoms with Crippen LogP contribution in [0.25, 0.3) is 0 Å². The molecule has 0 radical (unpaired) electrons. The Bertz CT molecular complexity index is 243. The molecule has 0 aliphatic heterocycles. The van der Waals surface area contributed by atoms with Crippen LogP contribution in [0.3, 0.4) is 0 Å². The number of carbonyl (C=O) groups excluding carboxylic acids is 1. The summed E-state index contributed by atoms with van der Waals surface area (Å²) >= 11 is 0. The summed E-state index contributed by atoms with van der Waals surface area (Å²) in [5.74, 6) is -0.170. The summed E-state index contributed by atoms with van der Waals surface area (Å²) in [5.41, 5.74) is -0.473. The minimum atomic E-state index is -0.473. The van der Waals surface area contributed by atoms with Gasteiger partial charge in [0.1, 0.15) is 6.10 Å². The van der Waals surface area contributed by atoms with E-state index < -0.39 is 5.41 Å². The second kappa shape index (κ2) is 9.35. The number of rotatable bonds is 9. The third kappa shape index (κ3) is 9.04. The molecule has 0 fully saturated rings. The predicted molar refractivity (Wildman–Crippen MR) is 79.0 cm³/mol. The van der Waals surface area contributed by atoms with Crippen molar-refractivity contribution in [2.45, 2.75) is 91.8 Å². The molecule has 1 N–H and O–H groups in total. The maximum Gasteiger partial charge on any atom is 0.311 e. The fourth-order valence-electron chi connectivity index (χ4n) is 1.82. The zero-order valence-electron chi connectivity index (χ0n) is 13.4. The van der Waals surface area contributed by atoms with Gasteiger partial charge in [-0.15, -0.1) is 0 Å². The third-order valence-corrected chi connectivity index (χ3v) is 3.27. The predicted octanol–water partition coefficient (Wildman–Crippen LogP) is 4.08. The molecule has 0 aliphatic carbocycles. The van der Waals surface area contributed by atoms with Crippen LogP contribution in [0.1, 0.15) is 79.6 Å². The van der Waals surface area contributed by atoms with Gasteiger partial charge in [-0.3, -0.25) is 4.79 Å². The lowest BCUT2D eigenvalue weighted by Crippen LogP contribution is -2.30. The standard InChI is InChI=1S/C16H32O3/c1-6-8-9-10-11-14(12-13(17)7-2)19-15(18)16(3,4)5/h13-14,17H,6-12H2,1-5H3/t13-,14-/m1/s1. The molecule has 3 heteroatoms. The molecule has 0 unspecified atom stereocenters. The van der Waals surface area contributed by atoms with Gasteiger partial charge in [0.05, 0.1) is 11.5 Å². The highest BCUT2D eigenvalue weighted by molar-refractivity contribution is 5.75. The normalized spacial score (nSPS) is 15.1. The van der Waals surface area contributed by atoms with E-state index in [9.17, 15) is 9.90 Å². The molecule has 114 valence electrons. The summed E-state index contributed by atoms with van der Waals surface area (Å²) in [7, 11) is 0. The molecule has 0 spiro atoms. The molecule has 0 aromatic rings. The van der Waals surface area contributed by atoms with E-state index in [0.717, 1.165) is 12.8 Å². The van der Waals surface area contributed by atoms with E-state index in [1.807, 2.05) is 27.7 Å². The molecule has 0 rings (SSSR count). The van der Waals surface area contributed by atoms with Gasteiger partial charge >= 0.3 is 5.97 Å². The minimum Gasteiger partial charge on any atom is -0.462 e. The first-order valence-electron chi connectivity index (χ1n) is 7.70. The van der Waals surface area contributed by atoms with Crippen LogP contribution in [-0.4, -0.2) is 23.3 Å². The number of aliphatic hydroxyl groups is 1. The molecule has 2 atom stereocenters.